The van der Waals surface area contributed by atoms with E-state index in [1.165, 1.54) is 12.1 Å². The van der Waals surface area contributed by atoms with Crippen LogP contribution in [0.4, 0.5) is 4.39 Å². The largest absolute Gasteiger partial charge is 0.338 e. The van der Waals surface area contributed by atoms with Gasteiger partial charge in [0.1, 0.15) is 5.82 Å². The Morgan fingerprint density at radius 1 is 1.05 bits per heavy atom. The summed E-state index contributed by atoms with van der Waals surface area (Å²) < 4.78 is 13.0. The van der Waals surface area contributed by atoms with Crippen LogP contribution >= 0.6 is 0 Å². The number of hydrogen-bond donors (Lipinski definition) is 0. The minimum Gasteiger partial charge on any atom is -0.338 e. The summed E-state index contributed by atoms with van der Waals surface area (Å²) in [7, 11) is 0. The van der Waals surface area contributed by atoms with E-state index in [0.717, 1.165) is 30.5 Å². The van der Waals surface area contributed by atoms with Gasteiger partial charge in [0.2, 0.25) is 0 Å². The SMILES string of the molecule is O=C(c1ccccc1)N1CCCC(c2ccc(F)cc2)C1. The summed E-state index contributed by atoms with van der Waals surface area (Å²) in [6.45, 7) is 1.50. The molecule has 0 bridgehead atoms. The van der Waals surface area contributed by atoms with E-state index in [-0.39, 0.29) is 11.7 Å². The first-order valence-electron chi connectivity index (χ1n) is 7.34. The maximum atomic E-state index is 13.0. The van der Waals surface area contributed by atoms with Gasteiger partial charge in [-0.2, -0.15) is 0 Å². The molecule has 2 aromatic rings. The van der Waals surface area contributed by atoms with E-state index in [4.69, 9.17) is 0 Å². The van der Waals surface area contributed by atoms with Crippen LogP contribution in [0.1, 0.15) is 34.7 Å². The Balaban J connectivity index is 1.74. The minimum atomic E-state index is -0.216. The Morgan fingerprint density at radius 3 is 2.48 bits per heavy atom. The van der Waals surface area contributed by atoms with Crippen molar-refractivity contribution < 1.29 is 9.18 Å². The molecule has 1 aliphatic rings. The summed E-state index contributed by atoms with van der Waals surface area (Å²) in [6.07, 6.45) is 2.03. The number of nitrogens with zero attached hydrogens (tertiary/aromatic N) is 1. The lowest BCUT2D eigenvalue weighted by Crippen LogP contribution is -2.39. The van der Waals surface area contributed by atoms with Gasteiger partial charge in [-0.3, -0.25) is 4.79 Å². The summed E-state index contributed by atoms with van der Waals surface area (Å²) in [5.74, 6) is 0.168. The predicted octanol–water partition coefficient (Wildman–Crippen LogP) is 3.85. The number of carbonyl (C=O) groups excluding carboxylic acids is 1. The van der Waals surface area contributed by atoms with Gasteiger partial charge >= 0.3 is 0 Å². The molecule has 2 nitrogen and oxygen atoms in total. The quantitative estimate of drug-likeness (QED) is 0.820. The molecule has 1 atom stereocenters. The molecule has 3 rings (SSSR count). The second-order valence-electron chi connectivity index (χ2n) is 5.51. The van der Waals surface area contributed by atoms with Crippen LogP contribution in [0.25, 0.3) is 0 Å². The average Bonchev–Trinajstić information content (AvgIpc) is 2.56. The van der Waals surface area contributed by atoms with Crippen molar-refractivity contribution in [3.8, 4) is 0 Å². The fourth-order valence-corrected chi connectivity index (χ4v) is 2.93. The van der Waals surface area contributed by atoms with Crippen LogP contribution in [0, 0.1) is 5.82 Å². The van der Waals surface area contributed by atoms with Crippen LogP contribution in [-0.2, 0) is 0 Å². The van der Waals surface area contributed by atoms with Gasteiger partial charge in [0.05, 0.1) is 0 Å². The summed E-state index contributed by atoms with van der Waals surface area (Å²) >= 11 is 0. The van der Waals surface area contributed by atoms with Crippen molar-refractivity contribution in [1.29, 1.82) is 0 Å². The molecule has 0 N–H and O–H groups in total. The molecule has 0 saturated carbocycles. The third-order valence-electron chi connectivity index (χ3n) is 4.07. The Bertz CT molecular complexity index is 609. The first kappa shape index (κ1) is 13.8. The Hall–Kier alpha value is -2.16. The summed E-state index contributed by atoms with van der Waals surface area (Å²) in [5, 5.41) is 0. The van der Waals surface area contributed by atoms with E-state index in [9.17, 15) is 9.18 Å². The lowest BCUT2D eigenvalue weighted by molar-refractivity contribution is 0.0707. The van der Waals surface area contributed by atoms with Gasteiger partial charge in [-0.1, -0.05) is 30.3 Å². The van der Waals surface area contributed by atoms with Gasteiger partial charge in [-0.15, -0.1) is 0 Å². The highest BCUT2D eigenvalue weighted by molar-refractivity contribution is 5.94. The molecule has 0 aliphatic carbocycles. The van der Waals surface area contributed by atoms with Crippen LogP contribution in [0.2, 0.25) is 0 Å². The van der Waals surface area contributed by atoms with E-state index >= 15 is 0 Å². The van der Waals surface area contributed by atoms with E-state index in [0.29, 0.717) is 12.5 Å². The van der Waals surface area contributed by atoms with Gasteiger partial charge in [-0.25, -0.2) is 4.39 Å². The van der Waals surface area contributed by atoms with Crippen LogP contribution < -0.4 is 0 Å². The number of hydrogen-bond acceptors (Lipinski definition) is 1. The smallest absolute Gasteiger partial charge is 0.253 e. The highest BCUT2D eigenvalue weighted by Crippen LogP contribution is 2.27. The molecule has 1 amide bonds. The Morgan fingerprint density at radius 2 is 1.76 bits per heavy atom. The fraction of sp³-hybridized carbons (Fsp3) is 0.278. The van der Waals surface area contributed by atoms with E-state index in [1.54, 1.807) is 0 Å². The van der Waals surface area contributed by atoms with Crippen LogP contribution in [0.15, 0.2) is 54.6 Å². The van der Waals surface area contributed by atoms with Crippen LogP contribution in [0.5, 0.6) is 0 Å². The number of likely N-dealkylation sites (tertiary alicyclic amines) is 1. The molecular weight excluding hydrogens is 265 g/mol. The molecule has 2 aromatic carbocycles. The molecular formula is C18H18FNO. The van der Waals surface area contributed by atoms with E-state index in [2.05, 4.69) is 0 Å². The van der Waals surface area contributed by atoms with E-state index in [1.807, 2.05) is 47.4 Å². The van der Waals surface area contributed by atoms with Crippen molar-refractivity contribution in [1.82, 2.24) is 4.90 Å². The standard InChI is InChI=1S/C18H18FNO/c19-17-10-8-14(9-11-17)16-7-4-12-20(13-16)18(21)15-5-2-1-3-6-15/h1-3,5-6,8-11,16H,4,7,12-13H2. The van der Waals surface area contributed by atoms with Gasteiger partial charge < -0.3 is 4.90 Å². The number of halogens is 1. The van der Waals surface area contributed by atoms with Crippen molar-refractivity contribution in [3.05, 3.63) is 71.5 Å². The van der Waals surface area contributed by atoms with Crippen LogP contribution in [0.3, 0.4) is 0 Å². The monoisotopic (exact) mass is 283 g/mol. The van der Waals surface area contributed by atoms with Crippen molar-refractivity contribution in [2.45, 2.75) is 18.8 Å². The van der Waals surface area contributed by atoms with E-state index < -0.39 is 0 Å². The van der Waals surface area contributed by atoms with Gasteiger partial charge in [0.25, 0.3) is 5.91 Å². The molecule has 108 valence electrons. The third-order valence-corrected chi connectivity index (χ3v) is 4.07. The number of rotatable bonds is 2. The second kappa shape index (κ2) is 6.08. The molecule has 3 heteroatoms. The maximum Gasteiger partial charge on any atom is 0.253 e. The van der Waals surface area contributed by atoms with Gasteiger partial charge in [0, 0.05) is 24.6 Å². The molecule has 1 unspecified atom stereocenters. The zero-order valence-electron chi connectivity index (χ0n) is 11.8. The summed E-state index contributed by atoms with van der Waals surface area (Å²) in [6, 6.07) is 16.0. The van der Waals surface area contributed by atoms with Crippen LogP contribution in [-0.4, -0.2) is 23.9 Å². The topological polar surface area (TPSA) is 20.3 Å². The summed E-state index contributed by atoms with van der Waals surface area (Å²) in [4.78, 5) is 14.4. The predicted molar refractivity (Wildman–Crippen MR) is 80.7 cm³/mol. The summed E-state index contributed by atoms with van der Waals surface area (Å²) in [5.41, 5.74) is 1.85. The first-order chi connectivity index (χ1) is 10.2. The zero-order chi connectivity index (χ0) is 14.7. The molecule has 21 heavy (non-hydrogen) atoms. The molecule has 0 radical (unpaired) electrons. The molecule has 1 fully saturated rings. The lowest BCUT2D eigenvalue weighted by atomic mass is 9.90. The lowest BCUT2D eigenvalue weighted by Gasteiger charge is -2.33. The van der Waals surface area contributed by atoms with Crippen molar-refractivity contribution in [3.63, 3.8) is 0 Å². The maximum absolute atomic E-state index is 13.0. The number of benzene rings is 2. The Labute approximate surface area is 124 Å². The van der Waals surface area contributed by atoms with Crippen molar-refractivity contribution in [2.24, 2.45) is 0 Å². The first-order valence-corrected chi connectivity index (χ1v) is 7.34. The number of amides is 1. The Kier molecular flexibility index (Phi) is 4.00. The van der Waals surface area contributed by atoms with Gasteiger partial charge in [-0.05, 0) is 42.7 Å². The number of carbonyl (C=O) groups is 1. The highest BCUT2D eigenvalue weighted by atomic mass is 19.1. The third kappa shape index (κ3) is 3.13. The molecule has 1 saturated heterocycles. The minimum absolute atomic E-state index is 0.0856. The molecule has 0 aromatic heterocycles. The highest BCUT2D eigenvalue weighted by Gasteiger charge is 2.25. The zero-order valence-corrected chi connectivity index (χ0v) is 11.8. The second-order valence-corrected chi connectivity index (χ2v) is 5.51. The van der Waals surface area contributed by atoms with Crippen molar-refractivity contribution >= 4 is 5.91 Å². The van der Waals surface area contributed by atoms with Gasteiger partial charge in [0.15, 0.2) is 0 Å². The molecule has 1 heterocycles. The van der Waals surface area contributed by atoms with Crippen molar-refractivity contribution in [2.75, 3.05) is 13.1 Å². The fourth-order valence-electron chi connectivity index (χ4n) is 2.93. The average molecular weight is 283 g/mol. The molecule has 0 spiro atoms. The molecule has 1 aliphatic heterocycles. The number of piperidine rings is 1. The normalized spacial score (nSPS) is 18.5.